The molecule has 1 aliphatic rings. The summed E-state index contributed by atoms with van der Waals surface area (Å²) < 4.78 is 5.44. The molecule has 1 N–H and O–H groups in total. The lowest BCUT2D eigenvalue weighted by molar-refractivity contribution is -0.117. The van der Waals surface area contributed by atoms with E-state index in [0.717, 1.165) is 23.6 Å². The van der Waals surface area contributed by atoms with E-state index in [-0.39, 0.29) is 18.4 Å². The Morgan fingerprint density at radius 3 is 2.87 bits per heavy atom. The second kappa shape index (κ2) is 6.24. The zero-order valence-corrected chi connectivity index (χ0v) is 13.3. The minimum Gasteiger partial charge on any atom is -0.444 e. The van der Waals surface area contributed by atoms with E-state index in [0.29, 0.717) is 24.4 Å². The molecule has 0 aliphatic carbocycles. The number of anilines is 1. The van der Waals surface area contributed by atoms with E-state index in [2.05, 4.69) is 10.3 Å². The molecule has 0 atom stereocenters. The van der Waals surface area contributed by atoms with Gasteiger partial charge in [0.1, 0.15) is 5.76 Å². The number of carbonyl (C=O) groups excluding carboxylic acids is 2. The summed E-state index contributed by atoms with van der Waals surface area (Å²) in [6, 6.07) is 7.10. The van der Waals surface area contributed by atoms with Crippen LogP contribution in [0.2, 0.25) is 0 Å². The number of carbonyl (C=O) groups is 2. The largest absolute Gasteiger partial charge is 0.444 e. The number of nitrogens with one attached hydrogen (secondary N) is 1. The van der Waals surface area contributed by atoms with Crippen molar-refractivity contribution in [1.82, 2.24) is 10.3 Å². The highest BCUT2D eigenvalue weighted by molar-refractivity contribution is 5.99. The van der Waals surface area contributed by atoms with Crippen LogP contribution in [0.1, 0.15) is 40.5 Å². The summed E-state index contributed by atoms with van der Waals surface area (Å²) in [4.78, 5) is 30.0. The number of aryl methyl sites for hydroxylation is 2. The van der Waals surface area contributed by atoms with Gasteiger partial charge in [0.15, 0.2) is 0 Å². The fourth-order valence-electron chi connectivity index (χ4n) is 2.61. The summed E-state index contributed by atoms with van der Waals surface area (Å²) in [5.74, 6) is 1.13. The summed E-state index contributed by atoms with van der Waals surface area (Å²) in [5.41, 5.74) is 2.11. The van der Waals surface area contributed by atoms with Crippen LogP contribution in [0, 0.1) is 13.8 Å². The Bertz CT molecular complexity index is 732. The van der Waals surface area contributed by atoms with Gasteiger partial charge in [0, 0.05) is 24.2 Å². The van der Waals surface area contributed by atoms with Crippen LogP contribution in [0.4, 0.5) is 5.69 Å². The predicted molar refractivity (Wildman–Crippen MR) is 85.2 cm³/mol. The summed E-state index contributed by atoms with van der Waals surface area (Å²) in [5, 5.41) is 2.79. The van der Waals surface area contributed by atoms with Crippen molar-refractivity contribution in [1.29, 1.82) is 0 Å². The van der Waals surface area contributed by atoms with Crippen LogP contribution >= 0.6 is 0 Å². The maximum atomic E-state index is 12.3. The van der Waals surface area contributed by atoms with Gasteiger partial charge >= 0.3 is 0 Å². The third-order valence-corrected chi connectivity index (χ3v) is 3.97. The van der Waals surface area contributed by atoms with Crippen LogP contribution in [-0.4, -0.2) is 23.3 Å². The third-order valence-electron chi connectivity index (χ3n) is 3.97. The molecule has 6 heteroatoms. The molecule has 2 heterocycles. The van der Waals surface area contributed by atoms with Crippen molar-refractivity contribution in [3.05, 3.63) is 47.2 Å². The first-order valence-corrected chi connectivity index (χ1v) is 7.66. The Labute approximate surface area is 134 Å². The molecule has 1 fully saturated rings. The number of hydrogen-bond donors (Lipinski definition) is 1. The molecular weight excluding hydrogens is 294 g/mol. The molecule has 1 aromatic heterocycles. The maximum absolute atomic E-state index is 12.3. The molecule has 0 unspecified atom stereocenters. The highest BCUT2D eigenvalue weighted by Crippen LogP contribution is 2.22. The van der Waals surface area contributed by atoms with Crippen molar-refractivity contribution in [2.45, 2.75) is 33.2 Å². The molecule has 2 amide bonds. The van der Waals surface area contributed by atoms with E-state index >= 15 is 0 Å². The van der Waals surface area contributed by atoms with Crippen LogP contribution in [0.3, 0.4) is 0 Å². The lowest BCUT2D eigenvalue weighted by Crippen LogP contribution is -2.25. The standard InChI is InChI=1S/C17H19N3O3/c1-11-12(2)23-15(19-11)10-18-17(22)13-5-3-6-14(9-13)20-8-4-7-16(20)21/h3,5-6,9H,4,7-8,10H2,1-2H3,(H,18,22). The Morgan fingerprint density at radius 2 is 2.22 bits per heavy atom. The summed E-state index contributed by atoms with van der Waals surface area (Å²) in [6.45, 7) is 4.64. The van der Waals surface area contributed by atoms with Crippen LogP contribution in [0.15, 0.2) is 28.7 Å². The van der Waals surface area contributed by atoms with E-state index in [1.165, 1.54) is 0 Å². The van der Waals surface area contributed by atoms with Gasteiger partial charge in [-0.15, -0.1) is 0 Å². The van der Waals surface area contributed by atoms with Gasteiger partial charge in [-0.1, -0.05) is 6.07 Å². The zero-order chi connectivity index (χ0) is 16.4. The molecule has 1 aromatic carbocycles. The second-order valence-electron chi connectivity index (χ2n) is 5.63. The Kier molecular flexibility index (Phi) is 4.14. The first-order chi connectivity index (χ1) is 11.0. The number of aromatic nitrogens is 1. The van der Waals surface area contributed by atoms with Crippen molar-refractivity contribution in [2.24, 2.45) is 0 Å². The van der Waals surface area contributed by atoms with Crippen molar-refractivity contribution < 1.29 is 14.0 Å². The van der Waals surface area contributed by atoms with E-state index in [1.807, 2.05) is 19.9 Å². The summed E-state index contributed by atoms with van der Waals surface area (Å²) in [7, 11) is 0. The quantitative estimate of drug-likeness (QED) is 0.940. The molecule has 0 bridgehead atoms. The average molecular weight is 313 g/mol. The lowest BCUT2D eigenvalue weighted by Gasteiger charge is -2.16. The first-order valence-electron chi connectivity index (χ1n) is 7.66. The molecule has 3 rings (SSSR count). The average Bonchev–Trinajstić information content (AvgIpc) is 3.11. The third kappa shape index (κ3) is 3.26. The number of oxazole rings is 1. The molecule has 0 radical (unpaired) electrons. The Morgan fingerprint density at radius 1 is 1.39 bits per heavy atom. The van der Waals surface area contributed by atoms with Crippen LogP contribution in [0.5, 0.6) is 0 Å². The maximum Gasteiger partial charge on any atom is 0.251 e. The number of nitrogens with zero attached hydrogens (tertiary/aromatic N) is 2. The van der Waals surface area contributed by atoms with Gasteiger partial charge in [0.05, 0.1) is 12.2 Å². The smallest absolute Gasteiger partial charge is 0.251 e. The van der Waals surface area contributed by atoms with E-state index in [9.17, 15) is 9.59 Å². The van der Waals surface area contributed by atoms with E-state index < -0.39 is 0 Å². The fourth-order valence-corrected chi connectivity index (χ4v) is 2.61. The van der Waals surface area contributed by atoms with Gasteiger partial charge < -0.3 is 14.6 Å². The van der Waals surface area contributed by atoms with Crippen molar-refractivity contribution in [3.63, 3.8) is 0 Å². The summed E-state index contributed by atoms with van der Waals surface area (Å²) in [6.07, 6.45) is 1.43. The van der Waals surface area contributed by atoms with Crippen molar-refractivity contribution >= 4 is 17.5 Å². The molecular formula is C17H19N3O3. The second-order valence-corrected chi connectivity index (χ2v) is 5.63. The molecule has 23 heavy (non-hydrogen) atoms. The lowest BCUT2D eigenvalue weighted by atomic mass is 10.1. The van der Waals surface area contributed by atoms with Crippen LogP contribution < -0.4 is 10.2 Å². The normalized spacial score (nSPS) is 14.3. The van der Waals surface area contributed by atoms with E-state index in [4.69, 9.17) is 4.42 Å². The topological polar surface area (TPSA) is 75.4 Å². The van der Waals surface area contributed by atoms with Gasteiger partial charge in [-0.05, 0) is 38.5 Å². The molecule has 0 spiro atoms. The monoisotopic (exact) mass is 313 g/mol. The van der Waals surface area contributed by atoms with Crippen LogP contribution in [-0.2, 0) is 11.3 Å². The number of benzene rings is 1. The molecule has 1 aliphatic heterocycles. The van der Waals surface area contributed by atoms with Crippen LogP contribution in [0.25, 0.3) is 0 Å². The predicted octanol–water partition coefficient (Wildman–Crippen LogP) is 2.35. The first kappa shape index (κ1) is 15.3. The van der Waals surface area contributed by atoms with Crippen molar-refractivity contribution in [2.75, 3.05) is 11.4 Å². The SMILES string of the molecule is Cc1nc(CNC(=O)c2cccc(N3CCCC3=O)c2)oc1C. The molecule has 120 valence electrons. The Balaban J connectivity index is 1.68. The highest BCUT2D eigenvalue weighted by atomic mass is 16.4. The van der Waals surface area contributed by atoms with Gasteiger partial charge in [-0.25, -0.2) is 4.98 Å². The number of hydrogen-bond acceptors (Lipinski definition) is 4. The van der Waals surface area contributed by atoms with E-state index in [1.54, 1.807) is 23.1 Å². The van der Waals surface area contributed by atoms with Crippen molar-refractivity contribution in [3.8, 4) is 0 Å². The summed E-state index contributed by atoms with van der Waals surface area (Å²) >= 11 is 0. The molecule has 1 saturated heterocycles. The highest BCUT2D eigenvalue weighted by Gasteiger charge is 2.22. The zero-order valence-electron chi connectivity index (χ0n) is 13.3. The Hall–Kier alpha value is -2.63. The minimum atomic E-state index is -0.216. The molecule has 0 saturated carbocycles. The number of rotatable bonds is 4. The van der Waals surface area contributed by atoms with Gasteiger partial charge in [0.2, 0.25) is 11.8 Å². The molecule has 6 nitrogen and oxygen atoms in total. The number of amides is 2. The molecule has 2 aromatic rings. The van der Waals surface area contributed by atoms with Gasteiger partial charge in [-0.2, -0.15) is 0 Å². The minimum absolute atomic E-state index is 0.105. The van der Waals surface area contributed by atoms with Gasteiger partial charge in [0.25, 0.3) is 5.91 Å². The fraction of sp³-hybridized carbons (Fsp3) is 0.353. The van der Waals surface area contributed by atoms with Gasteiger partial charge in [-0.3, -0.25) is 9.59 Å².